The molecule has 3 N–H and O–H groups in total. The van der Waals surface area contributed by atoms with Crippen LogP contribution in [0.1, 0.15) is 22.5 Å². The first-order valence-corrected chi connectivity index (χ1v) is 9.96. The maximum atomic E-state index is 12.2. The van der Waals surface area contributed by atoms with E-state index in [1.807, 2.05) is 0 Å². The van der Waals surface area contributed by atoms with E-state index < -0.39 is 21.9 Å². The number of ether oxygens (including phenoxy) is 1. The molecule has 0 atom stereocenters. The van der Waals surface area contributed by atoms with Crippen LogP contribution in [0.15, 0.2) is 40.6 Å². The first-order chi connectivity index (χ1) is 12.3. The van der Waals surface area contributed by atoms with Crippen molar-refractivity contribution in [3.63, 3.8) is 0 Å². The van der Waals surface area contributed by atoms with E-state index >= 15 is 0 Å². The summed E-state index contributed by atoms with van der Waals surface area (Å²) in [6, 6.07) is 7.90. The second-order valence-corrected chi connectivity index (χ2v) is 7.98. The number of anilines is 1. The lowest BCUT2D eigenvalue weighted by atomic mass is 10.3. The summed E-state index contributed by atoms with van der Waals surface area (Å²) >= 11 is 1.03. The van der Waals surface area contributed by atoms with E-state index in [9.17, 15) is 18.0 Å². The Hall–Kier alpha value is -2.43. The Morgan fingerprint density at radius 2 is 1.92 bits per heavy atom. The van der Waals surface area contributed by atoms with Crippen molar-refractivity contribution in [2.24, 2.45) is 0 Å². The van der Waals surface area contributed by atoms with E-state index in [1.54, 1.807) is 24.3 Å². The van der Waals surface area contributed by atoms with Crippen molar-refractivity contribution in [2.75, 3.05) is 19.0 Å². The molecule has 0 saturated carbocycles. The van der Waals surface area contributed by atoms with Gasteiger partial charge in [-0.15, -0.1) is 11.3 Å². The predicted molar refractivity (Wildman–Crippen MR) is 97.3 cm³/mol. The van der Waals surface area contributed by atoms with Gasteiger partial charge in [0.25, 0.3) is 5.91 Å². The second kappa shape index (κ2) is 8.79. The minimum absolute atomic E-state index is 0.0419. The number of hydrogen-bond acceptors (Lipinski definition) is 6. The molecule has 1 heterocycles. The molecular formula is C16H18N2O6S2. The Labute approximate surface area is 154 Å². The van der Waals surface area contributed by atoms with Gasteiger partial charge in [-0.3, -0.25) is 9.59 Å². The van der Waals surface area contributed by atoms with Gasteiger partial charge in [0.05, 0.1) is 16.4 Å². The van der Waals surface area contributed by atoms with E-state index in [0.717, 1.165) is 11.3 Å². The van der Waals surface area contributed by atoms with Crippen molar-refractivity contribution < 1.29 is 27.9 Å². The summed E-state index contributed by atoms with van der Waals surface area (Å²) in [6.07, 6.45) is 0.449. The number of carbonyl (C=O) groups excluding carboxylic acids is 1. The summed E-state index contributed by atoms with van der Waals surface area (Å²) in [5, 5.41) is 12.6. The molecule has 0 aliphatic heterocycles. The number of thiophene rings is 1. The van der Waals surface area contributed by atoms with Crippen molar-refractivity contribution in [3.05, 3.63) is 40.6 Å². The molecule has 0 spiro atoms. The molecule has 1 aromatic carbocycles. The van der Waals surface area contributed by atoms with Gasteiger partial charge in [-0.1, -0.05) is 0 Å². The molecule has 10 heteroatoms. The highest BCUT2D eigenvalue weighted by atomic mass is 32.2. The molecule has 0 aliphatic carbocycles. The Balaban J connectivity index is 1.92. The lowest BCUT2D eigenvalue weighted by molar-refractivity contribution is -0.137. The number of sulfonamides is 1. The van der Waals surface area contributed by atoms with Crippen LogP contribution in [0.5, 0.6) is 5.75 Å². The Morgan fingerprint density at radius 3 is 2.54 bits per heavy atom. The number of benzene rings is 1. The van der Waals surface area contributed by atoms with Gasteiger partial charge < -0.3 is 15.2 Å². The molecule has 2 rings (SSSR count). The maximum Gasteiger partial charge on any atom is 0.303 e. The number of carbonyl (C=O) groups is 2. The SMILES string of the molecule is CNS(=O)(=O)c1csc(C(=O)Nc2ccc(OCCCC(=O)O)cc2)c1. The van der Waals surface area contributed by atoms with Gasteiger partial charge in [0.15, 0.2) is 0 Å². The summed E-state index contributed by atoms with van der Waals surface area (Å²) in [4.78, 5) is 22.9. The van der Waals surface area contributed by atoms with Crippen LogP contribution in [0.2, 0.25) is 0 Å². The van der Waals surface area contributed by atoms with Crippen LogP contribution in [0, 0.1) is 0 Å². The molecule has 0 fully saturated rings. The van der Waals surface area contributed by atoms with Gasteiger partial charge in [0.2, 0.25) is 10.0 Å². The van der Waals surface area contributed by atoms with Crippen LogP contribution in [0.4, 0.5) is 5.69 Å². The van der Waals surface area contributed by atoms with Crippen LogP contribution >= 0.6 is 11.3 Å². The predicted octanol–water partition coefficient (Wildman–Crippen LogP) is 2.15. The first kappa shape index (κ1) is 19.9. The van der Waals surface area contributed by atoms with Crippen LogP contribution in [-0.4, -0.2) is 39.1 Å². The van der Waals surface area contributed by atoms with Gasteiger partial charge >= 0.3 is 5.97 Å². The molecule has 1 amide bonds. The highest BCUT2D eigenvalue weighted by Gasteiger charge is 2.17. The highest BCUT2D eigenvalue weighted by molar-refractivity contribution is 7.89. The summed E-state index contributed by atoms with van der Waals surface area (Å²) < 4.78 is 31.0. The minimum Gasteiger partial charge on any atom is -0.494 e. The van der Waals surface area contributed by atoms with E-state index in [0.29, 0.717) is 17.9 Å². The number of aliphatic carboxylic acids is 1. The minimum atomic E-state index is -3.58. The van der Waals surface area contributed by atoms with Gasteiger partial charge in [0.1, 0.15) is 5.75 Å². The molecule has 0 bridgehead atoms. The van der Waals surface area contributed by atoms with Crippen LogP contribution in [0.25, 0.3) is 0 Å². The zero-order chi connectivity index (χ0) is 19.2. The number of nitrogens with one attached hydrogen (secondary N) is 2. The van der Waals surface area contributed by atoms with E-state index in [2.05, 4.69) is 10.0 Å². The third kappa shape index (κ3) is 5.55. The third-order valence-electron chi connectivity index (χ3n) is 3.29. The zero-order valence-electron chi connectivity index (χ0n) is 13.9. The average Bonchev–Trinajstić information content (AvgIpc) is 3.11. The molecule has 1 aromatic heterocycles. The molecule has 26 heavy (non-hydrogen) atoms. The molecule has 0 radical (unpaired) electrons. The largest absolute Gasteiger partial charge is 0.494 e. The molecule has 2 aromatic rings. The van der Waals surface area contributed by atoms with Crippen LogP contribution in [-0.2, 0) is 14.8 Å². The fraction of sp³-hybridized carbons (Fsp3) is 0.250. The maximum absolute atomic E-state index is 12.2. The third-order valence-corrected chi connectivity index (χ3v) is 5.77. The van der Waals surface area contributed by atoms with Crippen LogP contribution < -0.4 is 14.8 Å². The van der Waals surface area contributed by atoms with Crippen molar-refractivity contribution >= 4 is 38.9 Å². The quantitative estimate of drug-likeness (QED) is 0.557. The lowest BCUT2D eigenvalue weighted by Gasteiger charge is -2.07. The average molecular weight is 398 g/mol. The number of carboxylic acid groups (broad SMARTS) is 1. The lowest BCUT2D eigenvalue weighted by Crippen LogP contribution is -2.18. The molecular weight excluding hydrogens is 380 g/mol. The van der Waals surface area contributed by atoms with Crippen LogP contribution in [0.3, 0.4) is 0 Å². The van der Waals surface area contributed by atoms with E-state index in [4.69, 9.17) is 9.84 Å². The normalized spacial score (nSPS) is 11.1. The van der Waals surface area contributed by atoms with Crippen molar-refractivity contribution in [1.82, 2.24) is 4.72 Å². The number of carboxylic acids is 1. The van der Waals surface area contributed by atoms with Gasteiger partial charge in [0, 0.05) is 17.5 Å². The van der Waals surface area contributed by atoms with E-state index in [1.165, 1.54) is 18.5 Å². The summed E-state index contributed by atoms with van der Waals surface area (Å²) in [5.74, 6) is -0.722. The highest BCUT2D eigenvalue weighted by Crippen LogP contribution is 2.21. The zero-order valence-corrected chi connectivity index (χ0v) is 15.5. The monoisotopic (exact) mass is 398 g/mol. The molecule has 140 valence electrons. The molecule has 0 unspecified atom stereocenters. The smallest absolute Gasteiger partial charge is 0.303 e. The molecule has 0 saturated heterocycles. The second-order valence-electron chi connectivity index (χ2n) is 5.18. The fourth-order valence-electron chi connectivity index (χ4n) is 1.94. The van der Waals surface area contributed by atoms with E-state index in [-0.39, 0.29) is 22.8 Å². The van der Waals surface area contributed by atoms with Crippen molar-refractivity contribution in [1.29, 1.82) is 0 Å². The Bertz CT molecular complexity index is 874. The Kier molecular flexibility index (Phi) is 6.72. The summed E-state index contributed by atoms with van der Waals surface area (Å²) in [5.41, 5.74) is 0.527. The standard InChI is InChI=1S/C16H18N2O6S2/c1-17-26(22,23)13-9-14(25-10-13)16(21)18-11-4-6-12(7-5-11)24-8-2-3-15(19)20/h4-7,9-10,17H,2-3,8H2,1H3,(H,18,21)(H,19,20). The van der Waals surface area contributed by atoms with Crippen molar-refractivity contribution in [3.8, 4) is 5.75 Å². The molecule has 8 nitrogen and oxygen atoms in total. The fourth-order valence-corrected chi connectivity index (χ4v) is 3.84. The Morgan fingerprint density at radius 1 is 1.23 bits per heavy atom. The summed E-state index contributed by atoms with van der Waals surface area (Å²) in [7, 11) is -2.28. The van der Waals surface area contributed by atoms with Crippen molar-refractivity contribution in [2.45, 2.75) is 17.7 Å². The number of rotatable bonds is 9. The van der Waals surface area contributed by atoms with Gasteiger partial charge in [-0.05, 0) is 43.8 Å². The number of amides is 1. The van der Waals surface area contributed by atoms with Gasteiger partial charge in [-0.2, -0.15) is 0 Å². The topological polar surface area (TPSA) is 122 Å². The van der Waals surface area contributed by atoms with Gasteiger partial charge in [-0.25, -0.2) is 13.1 Å². The first-order valence-electron chi connectivity index (χ1n) is 7.60. The summed E-state index contributed by atoms with van der Waals surface area (Å²) in [6.45, 7) is 0.288. The molecule has 0 aliphatic rings. The number of hydrogen-bond donors (Lipinski definition) is 3.